The number of hydrogen-bond donors (Lipinski definition) is 2. The molecule has 0 aromatic heterocycles. The zero-order valence-corrected chi connectivity index (χ0v) is 15.1. The number of benzene rings is 2. The maximum absolute atomic E-state index is 12.6. The van der Waals surface area contributed by atoms with Crippen LogP contribution in [0.2, 0.25) is 0 Å². The van der Waals surface area contributed by atoms with Crippen LogP contribution in [0.15, 0.2) is 42.5 Å². The fourth-order valence-electron chi connectivity index (χ4n) is 3.41. The second-order valence-corrected chi connectivity index (χ2v) is 7.76. The van der Waals surface area contributed by atoms with Gasteiger partial charge in [-0.3, -0.25) is 9.59 Å². The Hall–Kier alpha value is -2.01. The maximum atomic E-state index is 12.6. The van der Waals surface area contributed by atoms with Crippen LogP contribution in [0, 0.1) is 5.41 Å². The van der Waals surface area contributed by atoms with E-state index in [1.165, 1.54) is 0 Å². The fraction of sp³-hybridized carbons (Fsp3) is 0.400. The second-order valence-electron chi connectivity index (χ2n) is 6.90. The summed E-state index contributed by atoms with van der Waals surface area (Å²) in [7, 11) is 0. The number of thioether (sulfide) groups is 1. The van der Waals surface area contributed by atoms with Gasteiger partial charge in [0.15, 0.2) is 0 Å². The largest absolute Gasteiger partial charge is 0.481 e. The number of rotatable bonds is 8. The summed E-state index contributed by atoms with van der Waals surface area (Å²) in [6.45, 7) is 0. The lowest BCUT2D eigenvalue weighted by Gasteiger charge is -2.21. The molecule has 1 amide bonds. The topological polar surface area (TPSA) is 66.4 Å². The molecule has 0 heterocycles. The first-order chi connectivity index (χ1) is 12.0. The summed E-state index contributed by atoms with van der Waals surface area (Å²) in [6.07, 6.45) is 4.59. The molecule has 5 heteroatoms. The van der Waals surface area contributed by atoms with Crippen LogP contribution >= 0.6 is 11.8 Å². The second kappa shape index (κ2) is 7.48. The molecule has 3 rings (SSSR count). The molecule has 0 unspecified atom stereocenters. The minimum atomic E-state index is -0.913. The number of carboxylic acids is 1. The van der Waals surface area contributed by atoms with Crippen molar-refractivity contribution in [3.8, 4) is 0 Å². The summed E-state index contributed by atoms with van der Waals surface area (Å²) in [5.74, 6) is 0.0207. The van der Waals surface area contributed by atoms with Gasteiger partial charge in [0.2, 0.25) is 5.91 Å². The minimum absolute atomic E-state index is 0.0502. The van der Waals surface area contributed by atoms with Crippen LogP contribution in [0.1, 0.15) is 37.3 Å². The third-order valence-corrected chi connectivity index (χ3v) is 5.76. The van der Waals surface area contributed by atoms with Crippen LogP contribution in [-0.2, 0) is 9.59 Å². The summed E-state index contributed by atoms with van der Waals surface area (Å²) in [5.41, 5.74) is 0.985. The van der Waals surface area contributed by atoms with Gasteiger partial charge in [-0.15, -0.1) is 0 Å². The van der Waals surface area contributed by atoms with E-state index in [1.807, 2.05) is 42.5 Å². The van der Waals surface area contributed by atoms with Gasteiger partial charge < -0.3 is 10.4 Å². The van der Waals surface area contributed by atoms with Gasteiger partial charge in [0.1, 0.15) is 0 Å². The summed E-state index contributed by atoms with van der Waals surface area (Å²) in [4.78, 5) is 23.9. The first-order valence-corrected chi connectivity index (χ1v) is 9.90. The van der Waals surface area contributed by atoms with E-state index < -0.39 is 12.0 Å². The molecule has 2 aromatic carbocycles. The Balaban J connectivity index is 1.82. The molecule has 1 aliphatic carbocycles. The van der Waals surface area contributed by atoms with Crippen LogP contribution in [-0.4, -0.2) is 29.0 Å². The number of carbonyl (C=O) groups excluding carboxylic acids is 1. The predicted molar refractivity (Wildman–Crippen MR) is 102 cm³/mol. The zero-order chi connectivity index (χ0) is 17.9. The molecule has 0 saturated heterocycles. The van der Waals surface area contributed by atoms with Crippen LogP contribution in [0.5, 0.6) is 0 Å². The Bertz CT molecular complexity index is 780. The number of nitrogens with one attached hydrogen (secondary N) is 1. The Morgan fingerprint density at radius 3 is 2.60 bits per heavy atom. The van der Waals surface area contributed by atoms with Gasteiger partial charge in [-0.05, 0) is 46.6 Å². The molecule has 2 aromatic rings. The van der Waals surface area contributed by atoms with Gasteiger partial charge in [-0.1, -0.05) is 42.5 Å². The van der Waals surface area contributed by atoms with E-state index in [0.717, 1.165) is 34.9 Å². The Labute approximate surface area is 152 Å². The zero-order valence-electron chi connectivity index (χ0n) is 14.3. The molecule has 1 atom stereocenters. The van der Waals surface area contributed by atoms with Crippen molar-refractivity contribution in [2.45, 2.75) is 31.7 Å². The number of aliphatic carboxylic acids is 1. The smallest absolute Gasteiger partial charge is 0.305 e. The van der Waals surface area contributed by atoms with E-state index in [9.17, 15) is 14.7 Å². The monoisotopic (exact) mass is 357 g/mol. The van der Waals surface area contributed by atoms with Gasteiger partial charge in [-0.25, -0.2) is 0 Å². The Kier molecular flexibility index (Phi) is 5.33. The number of fused-ring (bicyclic) bond motifs is 1. The molecular weight excluding hydrogens is 334 g/mol. The minimum Gasteiger partial charge on any atom is -0.481 e. The molecule has 0 bridgehead atoms. The van der Waals surface area contributed by atoms with Gasteiger partial charge >= 0.3 is 5.97 Å². The van der Waals surface area contributed by atoms with Gasteiger partial charge in [0, 0.05) is 6.42 Å². The normalized spacial score (nSPS) is 16.4. The third-order valence-electron chi connectivity index (χ3n) is 4.86. The first-order valence-electron chi connectivity index (χ1n) is 8.51. The number of amides is 1. The molecule has 0 radical (unpaired) electrons. The van der Waals surface area contributed by atoms with Crippen LogP contribution in [0.25, 0.3) is 10.8 Å². The van der Waals surface area contributed by atoms with Crippen molar-refractivity contribution in [3.05, 3.63) is 48.0 Å². The number of carboxylic acid groups (broad SMARTS) is 1. The Morgan fingerprint density at radius 2 is 1.92 bits per heavy atom. The quantitative estimate of drug-likeness (QED) is 0.749. The standard InChI is InChI=1S/C20H23NO3S/c1-25-13-20(9-10-20)12-18(22)21-17(11-19(23)24)16-8-4-6-14-5-2-3-7-15(14)16/h2-8,17H,9-13H2,1H3,(H,21,22)(H,23,24)/t17-/m1/s1. The summed E-state index contributed by atoms with van der Waals surface area (Å²) in [6, 6.07) is 13.2. The fourth-order valence-corrected chi connectivity index (χ4v) is 4.41. The highest BCUT2D eigenvalue weighted by Gasteiger charge is 2.43. The molecule has 1 fully saturated rings. The molecule has 132 valence electrons. The SMILES string of the molecule is CSCC1(CC(=O)N[C@H](CC(=O)O)c2cccc3ccccc23)CC1. The van der Waals surface area contributed by atoms with Crippen molar-refractivity contribution in [1.29, 1.82) is 0 Å². The van der Waals surface area contributed by atoms with Crippen molar-refractivity contribution >= 4 is 34.4 Å². The molecule has 25 heavy (non-hydrogen) atoms. The molecule has 0 spiro atoms. The lowest BCUT2D eigenvalue weighted by molar-refractivity contribution is -0.137. The van der Waals surface area contributed by atoms with E-state index in [-0.39, 0.29) is 17.7 Å². The number of hydrogen-bond acceptors (Lipinski definition) is 3. The van der Waals surface area contributed by atoms with Crippen molar-refractivity contribution in [1.82, 2.24) is 5.32 Å². The average Bonchev–Trinajstić information content (AvgIpc) is 3.32. The molecule has 4 nitrogen and oxygen atoms in total. The lowest BCUT2D eigenvalue weighted by atomic mass is 9.96. The van der Waals surface area contributed by atoms with E-state index in [0.29, 0.717) is 6.42 Å². The maximum Gasteiger partial charge on any atom is 0.305 e. The van der Waals surface area contributed by atoms with Crippen molar-refractivity contribution in [3.63, 3.8) is 0 Å². The highest BCUT2D eigenvalue weighted by Crippen LogP contribution is 2.50. The van der Waals surface area contributed by atoms with E-state index in [1.54, 1.807) is 11.8 Å². The number of carbonyl (C=O) groups is 2. The van der Waals surface area contributed by atoms with E-state index in [2.05, 4.69) is 11.6 Å². The molecule has 1 aliphatic rings. The van der Waals surface area contributed by atoms with Crippen LogP contribution in [0.3, 0.4) is 0 Å². The summed E-state index contributed by atoms with van der Waals surface area (Å²) < 4.78 is 0. The highest BCUT2D eigenvalue weighted by atomic mass is 32.2. The highest BCUT2D eigenvalue weighted by molar-refractivity contribution is 7.98. The van der Waals surface area contributed by atoms with Crippen LogP contribution in [0.4, 0.5) is 0 Å². The van der Waals surface area contributed by atoms with Crippen molar-refractivity contribution in [2.24, 2.45) is 5.41 Å². The van der Waals surface area contributed by atoms with E-state index in [4.69, 9.17) is 0 Å². The lowest BCUT2D eigenvalue weighted by Crippen LogP contribution is -2.32. The average molecular weight is 357 g/mol. The van der Waals surface area contributed by atoms with Gasteiger partial charge in [0.25, 0.3) is 0 Å². The van der Waals surface area contributed by atoms with E-state index >= 15 is 0 Å². The molecule has 2 N–H and O–H groups in total. The van der Waals surface area contributed by atoms with Gasteiger partial charge in [0.05, 0.1) is 12.5 Å². The van der Waals surface area contributed by atoms with Crippen molar-refractivity contribution < 1.29 is 14.7 Å². The predicted octanol–water partition coefficient (Wildman–Crippen LogP) is 4.01. The molecule has 1 saturated carbocycles. The Morgan fingerprint density at radius 1 is 1.20 bits per heavy atom. The van der Waals surface area contributed by atoms with Crippen LogP contribution < -0.4 is 5.32 Å². The summed E-state index contributed by atoms with van der Waals surface area (Å²) >= 11 is 1.77. The molecular formula is C20H23NO3S. The van der Waals surface area contributed by atoms with Gasteiger partial charge in [-0.2, -0.15) is 11.8 Å². The summed E-state index contributed by atoms with van der Waals surface area (Å²) in [5, 5.41) is 14.3. The van der Waals surface area contributed by atoms with Crippen molar-refractivity contribution in [2.75, 3.05) is 12.0 Å². The molecule has 0 aliphatic heterocycles. The third kappa shape index (κ3) is 4.34. The first kappa shape index (κ1) is 17.8.